The quantitative estimate of drug-likeness (QED) is 0.445. The zero-order chi connectivity index (χ0) is 3.58. The third-order valence-corrected chi connectivity index (χ3v) is 0. The molecule has 0 spiro atoms. The van der Waals surface area contributed by atoms with Gasteiger partial charge in [-0.25, -0.2) is 0 Å². The molecule has 0 amide bonds. The fraction of sp³-hybridized carbons (Fsp3) is 0. The molecular formula is CH3Cl3Fe2-. The molecule has 0 aliphatic heterocycles. The van der Waals surface area contributed by atoms with Crippen LogP contribution in [0, 0.1) is 7.43 Å². The molecule has 0 fully saturated rings. The first kappa shape index (κ1) is 15.7. The first-order valence-electron chi connectivity index (χ1n) is 0.401. The van der Waals surface area contributed by atoms with E-state index in [1.807, 2.05) is 0 Å². The monoisotopic (exact) mass is 232 g/mol. The van der Waals surface area contributed by atoms with Gasteiger partial charge in [0, 0.05) is 17.1 Å². The minimum Gasteiger partial charge on any atom is 0 e. The topological polar surface area (TPSA) is 0 Å². The van der Waals surface area contributed by atoms with Gasteiger partial charge in [-0.15, -0.1) is 0 Å². The van der Waals surface area contributed by atoms with Crippen LogP contribution in [0.2, 0.25) is 0 Å². The van der Waals surface area contributed by atoms with Gasteiger partial charge in [0.1, 0.15) is 0 Å². The Morgan fingerprint density at radius 2 is 1.00 bits per heavy atom. The standard InChI is InChI=1S/CH3.3ClH.2Fe/h1H3;3*1H;;/q-1;;;;;+3/p-3. The molecule has 0 aromatic rings. The van der Waals surface area contributed by atoms with Crippen LogP contribution in [-0.2, 0) is 28.2 Å². The zero-order valence-electron chi connectivity index (χ0n) is 2.84. The maximum atomic E-state index is 4.89. The van der Waals surface area contributed by atoms with Crippen molar-refractivity contribution in [2.75, 3.05) is 0 Å². The van der Waals surface area contributed by atoms with E-state index in [0.29, 0.717) is 0 Å². The van der Waals surface area contributed by atoms with Crippen LogP contribution in [0.15, 0.2) is 0 Å². The summed E-state index contributed by atoms with van der Waals surface area (Å²) in [5, 5.41) is 0. The molecular weight excluding hydrogens is 230 g/mol. The molecule has 0 aliphatic carbocycles. The minimum absolute atomic E-state index is 0. The predicted molar refractivity (Wildman–Crippen MR) is 24.0 cm³/mol. The average Bonchev–Trinajstić information content (AvgIpc) is 0.811. The summed E-state index contributed by atoms with van der Waals surface area (Å²) in [5.41, 5.74) is 0. The summed E-state index contributed by atoms with van der Waals surface area (Å²) < 4.78 is 0. The van der Waals surface area contributed by atoms with Gasteiger partial charge in [0.25, 0.3) is 0 Å². The van der Waals surface area contributed by atoms with Crippen LogP contribution in [0.25, 0.3) is 0 Å². The second-order valence-corrected chi connectivity index (χ2v) is 5.62. The van der Waals surface area contributed by atoms with Gasteiger partial charge in [-0.1, -0.05) is 0 Å². The molecule has 0 nitrogen and oxygen atoms in total. The van der Waals surface area contributed by atoms with Crippen LogP contribution >= 0.6 is 30.3 Å². The molecule has 5 heteroatoms. The fourth-order valence-corrected chi connectivity index (χ4v) is 0. The molecule has 0 aromatic carbocycles. The van der Waals surface area contributed by atoms with E-state index in [1.165, 1.54) is 0 Å². The van der Waals surface area contributed by atoms with E-state index in [4.69, 9.17) is 30.3 Å². The van der Waals surface area contributed by atoms with Gasteiger partial charge in [-0.3, -0.25) is 0 Å². The van der Waals surface area contributed by atoms with Gasteiger partial charge in [-0.05, 0) is 0 Å². The molecule has 0 saturated heterocycles. The molecule has 0 saturated carbocycles. The molecule has 0 aliphatic rings. The van der Waals surface area contributed by atoms with Gasteiger partial charge in [0.05, 0.1) is 0 Å². The summed E-state index contributed by atoms with van der Waals surface area (Å²) >= 11 is -1.33. The summed E-state index contributed by atoms with van der Waals surface area (Å²) in [4.78, 5) is 0. The maximum absolute atomic E-state index is 4.89. The molecule has 6 heavy (non-hydrogen) atoms. The summed E-state index contributed by atoms with van der Waals surface area (Å²) in [7, 11) is 14.7. The SMILES string of the molecule is [CH3-].[Cl][Fe]([Cl])[Cl].[Fe]. The number of hydrogen-bond donors (Lipinski definition) is 0. The number of rotatable bonds is 0. The predicted octanol–water partition coefficient (Wildman–Crippen LogP) is 2.51. The smallest absolute Gasteiger partial charge is 0 e. The van der Waals surface area contributed by atoms with Crippen molar-refractivity contribution in [3.63, 3.8) is 0 Å². The molecule has 0 heterocycles. The Bertz CT molecular complexity index is 13.5. The first-order chi connectivity index (χ1) is 1.73. The van der Waals surface area contributed by atoms with Crippen LogP contribution < -0.4 is 0 Å². The van der Waals surface area contributed by atoms with Gasteiger partial charge in [0.2, 0.25) is 0 Å². The van der Waals surface area contributed by atoms with Crippen molar-refractivity contribution in [1.29, 1.82) is 0 Å². The Labute approximate surface area is 65.6 Å². The summed E-state index contributed by atoms with van der Waals surface area (Å²) in [6.45, 7) is 0. The zero-order valence-corrected chi connectivity index (χ0v) is 7.32. The average molecular weight is 233 g/mol. The van der Waals surface area contributed by atoms with Gasteiger partial charge in [-0.2, -0.15) is 0 Å². The van der Waals surface area contributed by atoms with Crippen molar-refractivity contribution in [3.8, 4) is 0 Å². The van der Waals surface area contributed by atoms with Crippen molar-refractivity contribution in [2.24, 2.45) is 0 Å². The van der Waals surface area contributed by atoms with E-state index in [0.717, 1.165) is 0 Å². The molecule has 0 unspecified atom stereocenters. The normalized spacial score (nSPS) is 7.50. The van der Waals surface area contributed by atoms with Crippen LogP contribution in [0.1, 0.15) is 0 Å². The molecule has 0 aromatic heterocycles. The van der Waals surface area contributed by atoms with Crippen molar-refractivity contribution in [1.82, 2.24) is 0 Å². The molecule has 45 valence electrons. The molecule has 0 radical (unpaired) electrons. The Morgan fingerprint density at radius 3 is 1.00 bits per heavy atom. The third-order valence-electron chi connectivity index (χ3n) is 0. The molecule has 0 atom stereocenters. The van der Waals surface area contributed by atoms with E-state index >= 15 is 0 Å². The van der Waals surface area contributed by atoms with Crippen LogP contribution in [0.4, 0.5) is 0 Å². The number of halogens is 3. The first-order valence-corrected chi connectivity index (χ1v) is 4.96. The van der Waals surface area contributed by atoms with E-state index < -0.39 is 11.2 Å². The Morgan fingerprint density at radius 1 is 1.00 bits per heavy atom. The number of hydrogen-bond acceptors (Lipinski definition) is 0. The summed E-state index contributed by atoms with van der Waals surface area (Å²) in [6, 6.07) is 0. The Balaban J connectivity index is -0.0000000450. The van der Waals surface area contributed by atoms with Gasteiger partial charge in [0.15, 0.2) is 0 Å². The Kier molecular flexibility index (Phi) is 26.1. The molecule has 0 bridgehead atoms. The second-order valence-electron chi connectivity index (χ2n) is 0.152. The third kappa shape index (κ3) is 39.1. The maximum Gasteiger partial charge on any atom is 0 e. The second kappa shape index (κ2) is 10.0. The molecule has 0 rings (SSSR count). The summed E-state index contributed by atoms with van der Waals surface area (Å²) in [6.07, 6.45) is 0. The largest absolute Gasteiger partial charge is 0 e. The summed E-state index contributed by atoms with van der Waals surface area (Å²) in [5.74, 6) is 0. The van der Waals surface area contributed by atoms with E-state index in [1.54, 1.807) is 0 Å². The van der Waals surface area contributed by atoms with Crippen LogP contribution in [0.5, 0.6) is 0 Å². The van der Waals surface area contributed by atoms with Crippen molar-refractivity contribution >= 4 is 30.3 Å². The van der Waals surface area contributed by atoms with Crippen molar-refractivity contribution in [3.05, 3.63) is 7.43 Å². The van der Waals surface area contributed by atoms with Gasteiger partial charge >= 0.3 is 41.5 Å². The van der Waals surface area contributed by atoms with E-state index in [9.17, 15) is 0 Å². The van der Waals surface area contributed by atoms with Crippen molar-refractivity contribution in [2.45, 2.75) is 0 Å². The van der Waals surface area contributed by atoms with E-state index in [-0.39, 0.29) is 24.5 Å². The van der Waals surface area contributed by atoms with Crippen molar-refractivity contribution < 1.29 is 28.2 Å². The minimum atomic E-state index is -1.33. The van der Waals surface area contributed by atoms with Gasteiger partial charge < -0.3 is 7.43 Å². The van der Waals surface area contributed by atoms with E-state index in [2.05, 4.69) is 0 Å². The molecule has 0 N–H and O–H groups in total. The Hall–Kier alpha value is 1.91. The van der Waals surface area contributed by atoms with Crippen LogP contribution in [-0.4, -0.2) is 0 Å². The fourth-order valence-electron chi connectivity index (χ4n) is 0. The van der Waals surface area contributed by atoms with Crippen LogP contribution in [0.3, 0.4) is 0 Å².